The van der Waals surface area contributed by atoms with Gasteiger partial charge < -0.3 is 16.0 Å². The van der Waals surface area contributed by atoms with Crippen LogP contribution in [0, 0.1) is 0 Å². The molecule has 0 aliphatic carbocycles. The lowest BCUT2D eigenvalue weighted by molar-refractivity contribution is -0.136. The van der Waals surface area contributed by atoms with Gasteiger partial charge >= 0.3 is 0 Å². The lowest BCUT2D eigenvalue weighted by Crippen LogP contribution is -2.48. The summed E-state index contributed by atoms with van der Waals surface area (Å²) in [6.07, 6.45) is 3.60. The maximum Gasteiger partial charge on any atom is 0.244 e. The Hall–Kier alpha value is -0.810. The van der Waals surface area contributed by atoms with Crippen LogP contribution >= 0.6 is 12.4 Å². The number of nitrogens with one attached hydrogen (secondary N) is 1. The van der Waals surface area contributed by atoms with E-state index in [0.29, 0.717) is 6.54 Å². The Morgan fingerprint density at radius 2 is 1.88 bits per heavy atom. The number of carbonyl (C=O) groups excluding carboxylic acids is 2. The van der Waals surface area contributed by atoms with Crippen LogP contribution in [0.2, 0.25) is 0 Å². The van der Waals surface area contributed by atoms with Gasteiger partial charge in [0.05, 0.1) is 0 Å². The van der Waals surface area contributed by atoms with Crippen molar-refractivity contribution in [2.45, 2.75) is 38.6 Å². The van der Waals surface area contributed by atoms with Crippen molar-refractivity contribution in [1.82, 2.24) is 10.2 Å². The summed E-state index contributed by atoms with van der Waals surface area (Å²) in [4.78, 5) is 25.0. The van der Waals surface area contributed by atoms with E-state index >= 15 is 0 Å². The topological polar surface area (TPSA) is 75.4 Å². The molecule has 5 nitrogen and oxygen atoms in total. The molecule has 17 heavy (non-hydrogen) atoms. The third-order valence-electron chi connectivity index (χ3n) is 2.79. The van der Waals surface area contributed by atoms with Crippen LogP contribution in [0.5, 0.6) is 0 Å². The highest BCUT2D eigenvalue weighted by Gasteiger charge is 2.22. The molecule has 1 saturated heterocycles. The molecule has 0 spiro atoms. The van der Waals surface area contributed by atoms with E-state index in [4.69, 9.17) is 5.73 Å². The Balaban J connectivity index is 0.00000256. The monoisotopic (exact) mass is 263 g/mol. The molecule has 100 valence electrons. The highest BCUT2D eigenvalue weighted by Crippen LogP contribution is 2.09. The van der Waals surface area contributed by atoms with Crippen LogP contribution < -0.4 is 11.1 Å². The van der Waals surface area contributed by atoms with E-state index < -0.39 is 6.04 Å². The predicted molar refractivity (Wildman–Crippen MR) is 69.0 cm³/mol. The zero-order valence-electron chi connectivity index (χ0n) is 10.3. The molecule has 1 aliphatic rings. The molecule has 0 aromatic carbocycles. The van der Waals surface area contributed by atoms with Gasteiger partial charge in [-0.15, -0.1) is 12.4 Å². The number of amides is 2. The lowest BCUT2D eigenvalue weighted by atomic mass is 10.1. The molecule has 2 amide bonds. The van der Waals surface area contributed by atoms with E-state index in [9.17, 15) is 9.59 Å². The Bertz CT molecular complexity index is 255. The molecular weight excluding hydrogens is 242 g/mol. The zero-order chi connectivity index (χ0) is 12.0. The Labute approximate surface area is 109 Å². The van der Waals surface area contributed by atoms with Crippen molar-refractivity contribution >= 4 is 24.2 Å². The first-order valence-electron chi connectivity index (χ1n) is 5.93. The maximum absolute atomic E-state index is 11.9. The van der Waals surface area contributed by atoms with Crippen LogP contribution in [0.3, 0.4) is 0 Å². The molecule has 0 aromatic rings. The first kappa shape index (κ1) is 16.2. The number of nitrogens with two attached hydrogens (primary N) is 1. The van der Waals surface area contributed by atoms with Gasteiger partial charge in [0.15, 0.2) is 0 Å². The quantitative estimate of drug-likeness (QED) is 0.765. The van der Waals surface area contributed by atoms with Crippen molar-refractivity contribution < 1.29 is 9.59 Å². The normalized spacial score (nSPS) is 16.9. The number of hydrogen-bond acceptors (Lipinski definition) is 3. The number of carbonyl (C=O) groups is 2. The van der Waals surface area contributed by atoms with Crippen molar-refractivity contribution in [2.75, 3.05) is 19.6 Å². The largest absolute Gasteiger partial charge is 0.345 e. The summed E-state index contributed by atoms with van der Waals surface area (Å²) in [5, 5.41) is 2.67. The third kappa shape index (κ3) is 5.37. The van der Waals surface area contributed by atoms with Gasteiger partial charge in [-0.3, -0.25) is 9.59 Å². The van der Waals surface area contributed by atoms with Crippen LogP contribution in [0.4, 0.5) is 0 Å². The predicted octanol–water partition coefficient (Wildman–Crippen LogP) is 0.274. The van der Waals surface area contributed by atoms with Gasteiger partial charge in [0.2, 0.25) is 11.8 Å². The van der Waals surface area contributed by atoms with Crippen molar-refractivity contribution in [3.05, 3.63) is 0 Å². The van der Waals surface area contributed by atoms with Crippen molar-refractivity contribution in [3.63, 3.8) is 0 Å². The summed E-state index contributed by atoms with van der Waals surface area (Å²) >= 11 is 0. The molecule has 1 unspecified atom stereocenters. The number of nitrogens with zero attached hydrogens (tertiary/aromatic N) is 1. The minimum Gasteiger partial charge on any atom is -0.345 e. The van der Waals surface area contributed by atoms with E-state index in [2.05, 4.69) is 5.32 Å². The number of rotatable bonds is 4. The summed E-state index contributed by atoms with van der Waals surface area (Å²) in [6.45, 7) is 3.67. The highest BCUT2D eigenvalue weighted by atomic mass is 35.5. The standard InChI is InChI=1S/C11H21N3O2.ClH/c1-9(13-10(15)5-6-12)11(16)14-7-3-2-4-8-14;/h9H,2-8,12H2,1H3,(H,13,15);1H. The van der Waals surface area contributed by atoms with Gasteiger partial charge in [0, 0.05) is 26.1 Å². The smallest absolute Gasteiger partial charge is 0.244 e. The van der Waals surface area contributed by atoms with Gasteiger partial charge in [0.25, 0.3) is 0 Å². The minimum absolute atomic E-state index is 0. The van der Waals surface area contributed by atoms with Gasteiger partial charge in [-0.2, -0.15) is 0 Å². The van der Waals surface area contributed by atoms with Gasteiger partial charge in [-0.25, -0.2) is 0 Å². The summed E-state index contributed by atoms with van der Waals surface area (Å²) in [6, 6.07) is -0.433. The summed E-state index contributed by atoms with van der Waals surface area (Å²) in [5.74, 6) is -0.134. The summed E-state index contributed by atoms with van der Waals surface area (Å²) in [7, 11) is 0. The second-order valence-corrected chi connectivity index (χ2v) is 4.21. The van der Waals surface area contributed by atoms with Crippen molar-refractivity contribution in [2.24, 2.45) is 5.73 Å². The first-order chi connectivity index (χ1) is 7.65. The molecule has 0 aromatic heterocycles. The fourth-order valence-corrected chi connectivity index (χ4v) is 1.89. The number of piperidine rings is 1. The van der Waals surface area contributed by atoms with Crippen LogP contribution in [-0.4, -0.2) is 42.4 Å². The first-order valence-corrected chi connectivity index (χ1v) is 5.93. The number of hydrogen-bond donors (Lipinski definition) is 2. The van der Waals surface area contributed by atoms with E-state index in [0.717, 1.165) is 25.9 Å². The van der Waals surface area contributed by atoms with Gasteiger partial charge in [0.1, 0.15) is 6.04 Å². The Morgan fingerprint density at radius 3 is 2.41 bits per heavy atom. The SMILES string of the molecule is CC(NC(=O)CCN)C(=O)N1CCCCC1.Cl. The third-order valence-corrected chi connectivity index (χ3v) is 2.79. The second kappa shape index (κ2) is 8.31. The molecular formula is C11H22ClN3O2. The molecule has 3 N–H and O–H groups in total. The van der Waals surface area contributed by atoms with Crippen molar-refractivity contribution in [1.29, 1.82) is 0 Å². The average Bonchev–Trinajstić information content (AvgIpc) is 2.29. The van der Waals surface area contributed by atoms with E-state index in [-0.39, 0.29) is 30.6 Å². The minimum atomic E-state index is -0.433. The van der Waals surface area contributed by atoms with Crippen molar-refractivity contribution in [3.8, 4) is 0 Å². The van der Waals surface area contributed by atoms with Crippen LogP contribution in [-0.2, 0) is 9.59 Å². The molecule has 0 radical (unpaired) electrons. The molecule has 0 bridgehead atoms. The fraction of sp³-hybridized carbons (Fsp3) is 0.818. The Kier molecular flexibility index (Phi) is 7.91. The van der Waals surface area contributed by atoms with Crippen LogP contribution in [0.15, 0.2) is 0 Å². The van der Waals surface area contributed by atoms with E-state index in [1.807, 2.05) is 4.90 Å². The van der Waals surface area contributed by atoms with Crippen LogP contribution in [0.1, 0.15) is 32.6 Å². The highest BCUT2D eigenvalue weighted by molar-refractivity contribution is 5.87. The zero-order valence-corrected chi connectivity index (χ0v) is 11.1. The summed E-state index contributed by atoms with van der Waals surface area (Å²) in [5.41, 5.74) is 5.27. The van der Waals surface area contributed by atoms with Gasteiger partial charge in [-0.05, 0) is 26.2 Å². The molecule has 1 heterocycles. The average molecular weight is 264 g/mol. The van der Waals surface area contributed by atoms with E-state index in [1.165, 1.54) is 6.42 Å². The molecule has 1 atom stereocenters. The molecule has 1 rings (SSSR count). The molecule has 1 fully saturated rings. The Morgan fingerprint density at radius 1 is 1.29 bits per heavy atom. The number of likely N-dealkylation sites (tertiary alicyclic amines) is 1. The molecule has 1 aliphatic heterocycles. The van der Waals surface area contributed by atoms with Gasteiger partial charge in [-0.1, -0.05) is 0 Å². The number of halogens is 1. The fourth-order valence-electron chi connectivity index (χ4n) is 1.89. The van der Waals surface area contributed by atoms with E-state index in [1.54, 1.807) is 6.92 Å². The second-order valence-electron chi connectivity index (χ2n) is 4.21. The maximum atomic E-state index is 11.9. The van der Waals surface area contributed by atoms with Crippen LogP contribution in [0.25, 0.3) is 0 Å². The molecule has 6 heteroatoms. The summed E-state index contributed by atoms with van der Waals surface area (Å²) < 4.78 is 0. The lowest BCUT2D eigenvalue weighted by Gasteiger charge is -2.29. The molecule has 0 saturated carbocycles.